The van der Waals surface area contributed by atoms with Crippen molar-refractivity contribution in [2.75, 3.05) is 33.9 Å². The number of Topliss-reactive ketones (excluding diaryl/α,β-unsaturated/α-hetero) is 1. The standard InChI is InChI=1S/C26H31NO6/c1-4-5-18-6-8-19(9-7-18)32-17-23(29)27-14-12-26(13-15-27)16-21(28)20-10-11-22(30-2)25(31-3)24(20)33-26/h6-11H,4-5,12-17H2,1-3H3. The minimum Gasteiger partial charge on any atom is -0.493 e. The van der Waals surface area contributed by atoms with Crippen LogP contribution in [0.3, 0.4) is 0 Å². The number of likely N-dealkylation sites (tertiary alicyclic amines) is 1. The fraction of sp³-hybridized carbons (Fsp3) is 0.462. The van der Waals surface area contributed by atoms with E-state index < -0.39 is 5.60 Å². The number of hydrogen-bond acceptors (Lipinski definition) is 6. The second-order valence-electron chi connectivity index (χ2n) is 8.63. The molecule has 7 heteroatoms. The summed E-state index contributed by atoms with van der Waals surface area (Å²) in [7, 11) is 3.09. The highest BCUT2D eigenvalue weighted by Crippen LogP contribution is 2.47. The lowest BCUT2D eigenvalue weighted by Gasteiger charge is -2.44. The maximum Gasteiger partial charge on any atom is 0.260 e. The minimum absolute atomic E-state index is 0.00618. The van der Waals surface area contributed by atoms with E-state index in [2.05, 4.69) is 6.92 Å². The highest BCUT2D eigenvalue weighted by Gasteiger charge is 2.45. The van der Waals surface area contributed by atoms with Gasteiger partial charge in [0, 0.05) is 25.9 Å². The number of fused-ring (bicyclic) bond motifs is 1. The van der Waals surface area contributed by atoms with Crippen molar-refractivity contribution >= 4 is 11.7 Å². The number of benzene rings is 2. The molecule has 4 rings (SSSR count). The van der Waals surface area contributed by atoms with Crippen LogP contribution >= 0.6 is 0 Å². The van der Waals surface area contributed by atoms with Gasteiger partial charge in [-0.25, -0.2) is 0 Å². The molecule has 0 saturated carbocycles. The Morgan fingerprint density at radius 1 is 1.06 bits per heavy atom. The summed E-state index contributed by atoms with van der Waals surface area (Å²) in [5.41, 5.74) is 1.13. The van der Waals surface area contributed by atoms with Crippen LogP contribution in [0.5, 0.6) is 23.0 Å². The van der Waals surface area contributed by atoms with Gasteiger partial charge in [0.1, 0.15) is 11.4 Å². The fourth-order valence-electron chi connectivity index (χ4n) is 4.58. The van der Waals surface area contributed by atoms with Crippen LogP contribution in [0.25, 0.3) is 0 Å². The molecule has 0 unspecified atom stereocenters. The van der Waals surface area contributed by atoms with Gasteiger partial charge in [0.2, 0.25) is 5.75 Å². The molecule has 0 radical (unpaired) electrons. The van der Waals surface area contributed by atoms with Gasteiger partial charge in [0.05, 0.1) is 26.2 Å². The maximum atomic E-state index is 12.9. The van der Waals surface area contributed by atoms with Crippen LogP contribution in [0.1, 0.15) is 48.5 Å². The molecule has 2 aromatic carbocycles. The normalized spacial score (nSPS) is 16.7. The molecule has 2 aromatic rings. The molecule has 0 atom stereocenters. The average molecular weight is 454 g/mol. The second kappa shape index (κ2) is 9.73. The number of hydrogen-bond donors (Lipinski definition) is 0. The van der Waals surface area contributed by atoms with Crippen molar-refractivity contribution in [2.24, 2.45) is 0 Å². The molecule has 1 fully saturated rings. The molecule has 0 bridgehead atoms. The maximum absolute atomic E-state index is 12.9. The predicted molar refractivity (Wildman–Crippen MR) is 124 cm³/mol. The van der Waals surface area contributed by atoms with Crippen molar-refractivity contribution in [3.05, 3.63) is 47.5 Å². The van der Waals surface area contributed by atoms with Crippen LogP contribution in [0.15, 0.2) is 36.4 Å². The third kappa shape index (κ3) is 4.77. The van der Waals surface area contributed by atoms with Crippen LogP contribution in [0.4, 0.5) is 0 Å². The Bertz CT molecular complexity index is 1010. The number of aryl methyl sites for hydroxylation is 1. The summed E-state index contributed by atoms with van der Waals surface area (Å²) in [6.45, 7) is 3.15. The zero-order valence-corrected chi connectivity index (χ0v) is 19.5. The second-order valence-corrected chi connectivity index (χ2v) is 8.63. The molecule has 1 saturated heterocycles. The third-order valence-electron chi connectivity index (χ3n) is 6.45. The first-order valence-corrected chi connectivity index (χ1v) is 11.5. The molecule has 33 heavy (non-hydrogen) atoms. The van der Waals surface area contributed by atoms with Crippen LogP contribution in [-0.2, 0) is 11.2 Å². The molecule has 176 valence electrons. The number of amides is 1. The van der Waals surface area contributed by atoms with Crippen LogP contribution in [0.2, 0.25) is 0 Å². The van der Waals surface area contributed by atoms with Crippen molar-refractivity contribution in [3.63, 3.8) is 0 Å². The number of ether oxygens (including phenoxy) is 4. The molecule has 2 aliphatic heterocycles. The smallest absolute Gasteiger partial charge is 0.260 e. The van der Waals surface area contributed by atoms with Gasteiger partial charge >= 0.3 is 0 Å². The third-order valence-corrected chi connectivity index (χ3v) is 6.45. The molecule has 1 spiro atoms. The van der Waals surface area contributed by atoms with Gasteiger partial charge in [-0.2, -0.15) is 0 Å². The molecule has 0 aliphatic carbocycles. The van der Waals surface area contributed by atoms with E-state index >= 15 is 0 Å². The van der Waals surface area contributed by atoms with E-state index in [1.807, 2.05) is 24.3 Å². The molecular weight excluding hydrogens is 422 g/mol. The topological polar surface area (TPSA) is 74.3 Å². The summed E-state index contributed by atoms with van der Waals surface area (Å²) in [5, 5.41) is 0. The van der Waals surface area contributed by atoms with Gasteiger partial charge in [-0.15, -0.1) is 0 Å². The van der Waals surface area contributed by atoms with Crippen molar-refractivity contribution in [3.8, 4) is 23.0 Å². The van der Waals surface area contributed by atoms with Gasteiger partial charge in [0.15, 0.2) is 23.9 Å². The first kappa shape index (κ1) is 23.0. The summed E-state index contributed by atoms with van der Waals surface area (Å²) >= 11 is 0. The molecular formula is C26H31NO6. The summed E-state index contributed by atoms with van der Waals surface area (Å²) in [6, 6.07) is 11.3. The highest BCUT2D eigenvalue weighted by atomic mass is 16.5. The number of methoxy groups -OCH3 is 2. The molecule has 1 amide bonds. The Balaban J connectivity index is 1.37. The molecule has 7 nitrogen and oxygen atoms in total. The number of ketones is 1. The molecule has 0 N–H and O–H groups in total. The van der Waals surface area contributed by atoms with Gasteiger partial charge in [-0.3, -0.25) is 9.59 Å². The Morgan fingerprint density at radius 2 is 1.79 bits per heavy atom. The number of carbonyl (C=O) groups is 2. The van der Waals surface area contributed by atoms with E-state index in [1.54, 1.807) is 24.1 Å². The monoisotopic (exact) mass is 453 g/mol. The Hall–Kier alpha value is -3.22. The van der Waals surface area contributed by atoms with E-state index in [1.165, 1.54) is 12.7 Å². The Labute approximate surface area is 194 Å². The number of rotatable bonds is 7. The summed E-state index contributed by atoms with van der Waals surface area (Å²) in [5.74, 6) is 2.03. The zero-order chi connectivity index (χ0) is 23.4. The van der Waals surface area contributed by atoms with Crippen LogP contribution in [-0.4, -0.2) is 56.1 Å². The first-order valence-electron chi connectivity index (χ1n) is 11.5. The zero-order valence-electron chi connectivity index (χ0n) is 19.5. The van der Waals surface area contributed by atoms with Crippen LogP contribution < -0.4 is 18.9 Å². The van der Waals surface area contributed by atoms with E-state index in [0.29, 0.717) is 54.5 Å². The van der Waals surface area contributed by atoms with Gasteiger partial charge in [-0.05, 0) is 36.2 Å². The SMILES string of the molecule is CCCc1ccc(OCC(=O)N2CCC3(CC2)CC(=O)c2ccc(OC)c(OC)c2O3)cc1. The summed E-state index contributed by atoms with van der Waals surface area (Å²) in [6.07, 6.45) is 3.54. The lowest BCUT2D eigenvalue weighted by Crippen LogP contribution is -2.53. The van der Waals surface area contributed by atoms with Crippen molar-refractivity contribution in [1.29, 1.82) is 0 Å². The van der Waals surface area contributed by atoms with Gasteiger partial charge in [-0.1, -0.05) is 25.5 Å². The van der Waals surface area contributed by atoms with Crippen molar-refractivity contribution in [1.82, 2.24) is 4.90 Å². The largest absolute Gasteiger partial charge is 0.493 e. The minimum atomic E-state index is -0.642. The average Bonchev–Trinajstić information content (AvgIpc) is 2.83. The van der Waals surface area contributed by atoms with E-state index in [-0.39, 0.29) is 24.7 Å². The van der Waals surface area contributed by atoms with Crippen molar-refractivity contribution in [2.45, 2.75) is 44.6 Å². The fourth-order valence-corrected chi connectivity index (χ4v) is 4.58. The van der Waals surface area contributed by atoms with Crippen molar-refractivity contribution < 1.29 is 28.5 Å². The molecule has 2 heterocycles. The lowest BCUT2D eigenvalue weighted by atomic mass is 9.82. The highest BCUT2D eigenvalue weighted by molar-refractivity contribution is 6.01. The molecule has 2 aliphatic rings. The number of piperidine rings is 1. The van der Waals surface area contributed by atoms with Gasteiger partial charge < -0.3 is 23.8 Å². The Kier molecular flexibility index (Phi) is 6.77. The number of carbonyl (C=O) groups excluding carboxylic acids is 2. The van der Waals surface area contributed by atoms with Crippen LogP contribution in [0, 0.1) is 0 Å². The van der Waals surface area contributed by atoms with E-state index in [9.17, 15) is 9.59 Å². The summed E-state index contributed by atoms with van der Waals surface area (Å²) < 4.78 is 22.9. The predicted octanol–water partition coefficient (Wildman–Crippen LogP) is 4.06. The first-order chi connectivity index (χ1) is 16.0. The van der Waals surface area contributed by atoms with Gasteiger partial charge in [0.25, 0.3) is 5.91 Å². The molecule has 0 aromatic heterocycles. The summed E-state index contributed by atoms with van der Waals surface area (Å²) in [4.78, 5) is 27.4. The quantitative estimate of drug-likeness (QED) is 0.629. The lowest BCUT2D eigenvalue weighted by molar-refractivity contribution is -0.137. The number of nitrogens with zero attached hydrogens (tertiary/aromatic N) is 1. The van der Waals surface area contributed by atoms with E-state index in [0.717, 1.165) is 12.8 Å². The van der Waals surface area contributed by atoms with E-state index in [4.69, 9.17) is 18.9 Å². The Morgan fingerprint density at radius 3 is 2.42 bits per heavy atom.